The van der Waals surface area contributed by atoms with Crippen LogP contribution >= 0.6 is 0 Å². The molecule has 7 heteroatoms. The molecule has 2 aromatic carbocycles. The molecule has 2 heterocycles. The summed E-state index contributed by atoms with van der Waals surface area (Å²) in [5.74, 6) is 1.66. The maximum atomic E-state index is 13.1. The first-order chi connectivity index (χ1) is 14.6. The number of hydrogen-bond donors (Lipinski definition) is 0. The Bertz CT molecular complexity index is 1170. The molecule has 154 valence electrons. The van der Waals surface area contributed by atoms with Crippen LogP contribution in [0.4, 0.5) is 4.39 Å². The molecule has 0 fully saturated rings. The van der Waals surface area contributed by atoms with E-state index in [1.54, 1.807) is 35.1 Å². The third-order valence-electron chi connectivity index (χ3n) is 4.80. The average Bonchev–Trinajstić information content (AvgIpc) is 3.26. The molecule has 0 saturated carbocycles. The monoisotopic (exact) mass is 407 g/mol. The van der Waals surface area contributed by atoms with E-state index in [1.165, 1.54) is 12.1 Å². The molecule has 4 rings (SSSR count). The van der Waals surface area contributed by atoms with Gasteiger partial charge in [-0.1, -0.05) is 12.1 Å². The van der Waals surface area contributed by atoms with Crippen LogP contribution in [0, 0.1) is 5.82 Å². The first kappa shape index (κ1) is 19.8. The molecule has 0 unspecified atom stereocenters. The molecule has 0 atom stereocenters. The molecule has 0 saturated heterocycles. The zero-order chi connectivity index (χ0) is 20.9. The largest absolute Gasteiger partial charge is 0.492 e. The van der Waals surface area contributed by atoms with Gasteiger partial charge in [-0.15, -0.1) is 0 Å². The Morgan fingerprint density at radius 3 is 2.67 bits per heavy atom. The van der Waals surface area contributed by atoms with Crippen LogP contribution in [0.2, 0.25) is 0 Å². The zero-order valence-corrected chi connectivity index (χ0v) is 16.6. The Kier molecular flexibility index (Phi) is 5.90. The molecule has 0 aliphatic heterocycles. The van der Waals surface area contributed by atoms with Crippen molar-refractivity contribution in [2.45, 2.75) is 13.1 Å². The van der Waals surface area contributed by atoms with Gasteiger partial charge in [0.2, 0.25) is 0 Å². The lowest BCUT2D eigenvalue weighted by molar-refractivity contribution is 0.227. The molecule has 0 aliphatic rings. The van der Waals surface area contributed by atoms with Crippen molar-refractivity contribution >= 4 is 10.9 Å². The lowest BCUT2D eigenvalue weighted by Gasteiger charge is -2.19. The van der Waals surface area contributed by atoms with Gasteiger partial charge in [0, 0.05) is 6.54 Å². The van der Waals surface area contributed by atoms with Crippen LogP contribution in [-0.4, -0.2) is 34.7 Å². The van der Waals surface area contributed by atoms with Crippen LogP contribution in [0.15, 0.2) is 76.1 Å². The Hall–Kier alpha value is -3.45. The number of furan rings is 1. The van der Waals surface area contributed by atoms with Crippen molar-refractivity contribution in [1.29, 1.82) is 0 Å². The highest BCUT2D eigenvalue weighted by Crippen LogP contribution is 2.13. The van der Waals surface area contributed by atoms with Crippen molar-refractivity contribution in [2.75, 3.05) is 20.2 Å². The van der Waals surface area contributed by atoms with Gasteiger partial charge in [-0.05, 0) is 55.6 Å². The second-order valence-electron chi connectivity index (χ2n) is 7.06. The van der Waals surface area contributed by atoms with Crippen molar-refractivity contribution in [3.05, 3.63) is 94.7 Å². The van der Waals surface area contributed by atoms with Crippen molar-refractivity contribution in [3.8, 4) is 5.75 Å². The summed E-state index contributed by atoms with van der Waals surface area (Å²) in [6.45, 7) is 1.82. The zero-order valence-electron chi connectivity index (χ0n) is 16.6. The van der Waals surface area contributed by atoms with Crippen molar-refractivity contribution in [1.82, 2.24) is 14.5 Å². The molecule has 0 N–H and O–H groups in total. The van der Waals surface area contributed by atoms with Gasteiger partial charge in [-0.25, -0.2) is 9.37 Å². The van der Waals surface area contributed by atoms with E-state index in [1.807, 2.05) is 36.2 Å². The van der Waals surface area contributed by atoms with Gasteiger partial charge < -0.3 is 9.15 Å². The SMILES string of the molecule is CN(CCOc1ccc(F)cc1)Cc1nc2ccccc2c(=O)n1Cc1ccco1. The normalized spacial score (nSPS) is 11.3. The van der Waals surface area contributed by atoms with E-state index in [-0.39, 0.29) is 11.4 Å². The maximum Gasteiger partial charge on any atom is 0.261 e. The molecule has 6 nitrogen and oxygen atoms in total. The first-order valence-electron chi connectivity index (χ1n) is 9.68. The summed E-state index contributed by atoms with van der Waals surface area (Å²) in [6.07, 6.45) is 1.59. The Morgan fingerprint density at radius 2 is 1.90 bits per heavy atom. The van der Waals surface area contributed by atoms with Gasteiger partial charge in [0.15, 0.2) is 0 Å². The standard InChI is InChI=1S/C23H22FN3O3/c1-26(12-14-30-18-10-8-17(24)9-11-18)16-22-25-21-7-3-2-6-20(21)23(28)27(22)15-19-5-4-13-29-19/h2-11,13H,12,14-16H2,1H3. The number of hydrogen-bond acceptors (Lipinski definition) is 5. The van der Waals surface area contributed by atoms with Gasteiger partial charge in [0.25, 0.3) is 5.56 Å². The van der Waals surface area contributed by atoms with E-state index in [4.69, 9.17) is 14.1 Å². The number of likely N-dealkylation sites (N-methyl/N-ethyl adjacent to an activating group) is 1. The predicted molar refractivity (Wildman–Crippen MR) is 112 cm³/mol. The molecule has 0 amide bonds. The number of halogens is 1. The molecule has 0 radical (unpaired) electrons. The van der Waals surface area contributed by atoms with E-state index < -0.39 is 0 Å². The molecule has 30 heavy (non-hydrogen) atoms. The van der Waals surface area contributed by atoms with Crippen LogP contribution < -0.4 is 10.3 Å². The van der Waals surface area contributed by atoms with Gasteiger partial charge >= 0.3 is 0 Å². The van der Waals surface area contributed by atoms with E-state index in [0.717, 1.165) is 0 Å². The number of rotatable bonds is 8. The molecule has 0 aliphatic carbocycles. The van der Waals surface area contributed by atoms with Gasteiger partial charge in [0.1, 0.15) is 29.8 Å². The fourth-order valence-electron chi connectivity index (χ4n) is 3.23. The highest BCUT2D eigenvalue weighted by Gasteiger charge is 2.14. The summed E-state index contributed by atoms with van der Waals surface area (Å²) < 4.78 is 25.7. The summed E-state index contributed by atoms with van der Waals surface area (Å²) in [5.41, 5.74) is 0.576. The number of aromatic nitrogens is 2. The smallest absolute Gasteiger partial charge is 0.261 e. The fraction of sp³-hybridized carbons (Fsp3) is 0.217. The molecule has 0 bridgehead atoms. The molecule has 4 aromatic rings. The van der Waals surface area contributed by atoms with E-state index in [0.29, 0.717) is 54.5 Å². The van der Waals surface area contributed by atoms with Crippen molar-refractivity contribution in [3.63, 3.8) is 0 Å². The third-order valence-corrected chi connectivity index (χ3v) is 4.80. The minimum atomic E-state index is -0.295. The van der Waals surface area contributed by atoms with Crippen LogP contribution in [0.1, 0.15) is 11.6 Å². The van der Waals surface area contributed by atoms with Crippen LogP contribution in [0.5, 0.6) is 5.75 Å². The summed E-state index contributed by atoms with van der Waals surface area (Å²) in [6, 6.07) is 16.9. The number of para-hydroxylation sites is 1. The second-order valence-corrected chi connectivity index (χ2v) is 7.06. The van der Waals surface area contributed by atoms with Gasteiger partial charge in [0.05, 0.1) is 30.3 Å². The Labute approximate surface area is 173 Å². The molecular weight excluding hydrogens is 385 g/mol. The fourth-order valence-corrected chi connectivity index (χ4v) is 3.23. The highest BCUT2D eigenvalue weighted by atomic mass is 19.1. The van der Waals surface area contributed by atoms with Crippen LogP contribution in [0.3, 0.4) is 0 Å². The predicted octanol–water partition coefficient (Wildman–Crippen LogP) is 3.69. The summed E-state index contributed by atoms with van der Waals surface area (Å²) >= 11 is 0. The van der Waals surface area contributed by atoms with E-state index in [9.17, 15) is 9.18 Å². The lowest BCUT2D eigenvalue weighted by Crippen LogP contribution is -2.31. The summed E-state index contributed by atoms with van der Waals surface area (Å²) in [7, 11) is 1.94. The molecule has 2 aromatic heterocycles. The minimum absolute atomic E-state index is 0.0945. The van der Waals surface area contributed by atoms with E-state index >= 15 is 0 Å². The molecular formula is C23H22FN3O3. The average molecular weight is 407 g/mol. The van der Waals surface area contributed by atoms with Gasteiger partial charge in [-0.2, -0.15) is 0 Å². The van der Waals surface area contributed by atoms with Crippen molar-refractivity contribution < 1.29 is 13.5 Å². The van der Waals surface area contributed by atoms with Crippen LogP contribution in [0.25, 0.3) is 10.9 Å². The number of nitrogens with zero attached hydrogens (tertiary/aromatic N) is 3. The Morgan fingerprint density at radius 1 is 1.10 bits per heavy atom. The quantitative estimate of drug-likeness (QED) is 0.446. The topological polar surface area (TPSA) is 60.5 Å². The number of benzene rings is 2. The maximum absolute atomic E-state index is 13.1. The number of fused-ring (bicyclic) bond motifs is 1. The lowest BCUT2D eigenvalue weighted by atomic mass is 10.2. The van der Waals surface area contributed by atoms with Gasteiger partial charge in [-0.3, -0.25) is 14.3 Å². The third kappa shape index (κ3) is 4.58. The number of ether oxygens (including phenoxy) is 1. The highest BCUT2D eigenvalue weighted by molar-refractivity contribution is 5.77. The minimum Gasteiger partial charge on any atom is -0.492 e. The Balaban J connectivity index is 1.51. The summed E-state index contributed by atoms with van der Waals surface area (Å²) in [5, 5.41) is 0.579. The van der Waals surface area contributed by atoms with Crippen LogP contribution in [-0.2, 0) is 13.1 Å². The second kappa shape index (κ2) is 8.92. The first-order valence-corrected chi connectivity index (χ1v) is 9.68. The van der Waals surface area contributed by atoms with Crippen molar-refractivity contribution in [2.24, 2.45) is 0 Å². The van der Waals surface area contributed by atoms with E-state index in [2.05, 4.69) is 0 Å². The summed E-state index contributed by atoms with van der Waals surface area (Å²) in [4.78, 5) is 19.8. The molecule has 0 spiro atoms.